The second-order valence-corrected chi connectivity index (χ2v) is 5.13. The fourth-order valence-electron chi connectivity index (χ4n) is 3.10. The van der Waals surface area contributed by atoms with Crippen LogP contribution in [0.25, 0.3) is 10.9 Å². The minimum atomic E-state index is -1.01. The lowest BCUT2D eigenvalue weighted by Gasteiger charge is -2.33. The molecule has 20 heavy (non-hydrogen) atoms. The third-order valence-corrected chi connectivity index (χ3v) is 4.24. The van der Waals surface area contributed by atoms with Gasteiger partial charge < -0.3 is 14.8 Å². The Kier molecular flexibility index (Phi) is 2.94. The summed E-state index contributed by atoms with van der Waals surface area (Å²) in [5.41, 5.74) is 1.81. The maximum absolute atomic E-state index is 11.8. The van der Waals surface area contributed by atoms with Gasteiger partial charge in [-0.2, -0.15) is 0 Å². The molecule has 1 aromatic heterocycles. The van der Waals surface area contributed by atoms with Crippen LogP contribution in [0.3, 0.4) is 0 Å². The molecule has 0 amide bonds. The zero-order valence-electron chi connectivity index (χ0n) is 11.6. The van der Waals surface area contributed by atoms with E-state index in [2.05, 4.69) is 10.3 Å². The molecule has 5 nitrogen and oxygen atoms in total. The van der Waals surface area contributed by atoms with E-state index in [-0.39, 0.29) is 0 Å². The Morgan fingerprint density at radius 1 is 1.50 bits per heavy atom. The molecule has 106 valence electrons. The number of nitrogens with one attached hydrogen (secondary N) is 2. The van der Waals surface area contributed by atoms with Crippen LogP contribution in [0, 0.1) is 0 Å². The number of benzene rings is 1. The van der Waals surface area contributed by atoms with E-state index in [0.29, 0.717) is 13.0 Å². The van der Waals surface area contributed by atoms with E-state index in [1.807, 2.05) is 25.1 Å². The molecule has 0 spiro atoms. The number of hydrogen-bond donors (Lipinski definition) is 3. The van der Waals surface area contributed by atoms with Crippen LogP contribution in [0.4, 0.5) is 0 Å². The van der Waals surface area contributed by atoms with Gasteiger partial charge in [0.1, 0.15) is 5.75 Å². The van der Waals surface area contributed by atoms with E-state index < -0.39 is 11.5 Å². The van der Waals surface area contributed by atoms with Crippen molar-refractivity contribution >= 4 is 16.9 Å². The molecule has 0 saturated heterocycles. The van der Waals surface area contributed by atoms with E-state index in [9.17, 15) is 9.90 Å². The molecule has 0 saturated carbocycles. The first kappa shape index (κ1) is 13.0. The van der Waals surface area contributed by atoms with Gasteiger partial charge in [0.25, 0.3) is 0 Å². The van der Waals surface area contributed by atoms with Gasteiger partial charge in [-0.25, -0.2) is 4.79 Å². The summed E-state index contributed by atoms with van der Waals surface area (Å²) in [6, 6.07) is 5.79. The summed E-state index contributed by atoms with van der Waals surface area (Å²) in [5, 5.41) is 13.9. The molecule has 0 bridgehead atoms. The Labute approximate surface area is 116 Å². The zero-order valence-corrected chi connectivity index (χ0v) is 11.6. The molecule has 3 rings (SSSR count). The third-order valence-electron chi connectivity index (χ3n) is 4.24. The zero-order chi connectivity index (χ0) is 14.3. The van der Waals surface area contributed by atoms with Crippen LogP contribution in [-0.2, 0) is 16.8 Å². The number of carboxylic acid groups (broad SMARTS) is 1. The number of carboxylic acids is 1. The average molecular weight is 274 g/mol. The smallest absolute Gasteiger partial charge is 0.330 e. The van der Waals surface area contributed by atoms with Crippen molar-refractivity contribution in [1.29, 1.82) is 0 Å². The predicted molar refractivity (Wildman–Crippen MR) is 76.2 cm³/mol. The Bertz CT molecular complexity index is 677. The summed E-state index contributed by atoms with van der Waals surface area (Å²) in [6.45, 7) is 2.56. The van der Waals surface area contributed by atoms with Crippen molar-refractivity contribution in [1.82, 2.24) is 10.3 Å². The van der Waals surface area contributed by atoms with E-state index in [4.69, 9.17) is 4.74 Å². The van der Waals surface area contributed by atoms with Crippen molar-refractivity contribution in [3.05, 3.63) is 29.5 Å². The van der Waals surface area contributed by atoms with Crippen LogP contribution >= 0.6 is 0 Å². The normalized spacial score (nSPS) is 21.7. The van der Waals surface area contributed by atoms with Gasteiger partial charge in [0.15, 0.2) is 5.54 Å². The van der Waals surface area contributed by atoms with Gasteiger partial charge >= 0.3 is 5.97 Å². The lowest BCUT2D eigenvalue weighted by molar-refractivity contribution is -0.146. The summed E-state index contributed by atoms with van der Waals surface area (Å²) in [6.07, 6.45) is 1.32. The first-order chi connectivity index (χ1) is 9.62. The van der Waals surface area contributed by atoms with Crippen LogP contribution in [0.1, 0.15) is 24.6 Å². The van der Waals surface area contributed by atoms with Gasteiger partial charge in [-0.3, -0.25) is 5.32 Å². The van der Waals surface area contributed by atoms with Gasteiger partial charge in [0.2, 0.25) is 0 Å². The number of aliphatic carboxylic acids is 1. The largest absolute Gasteiger partial charge is 0.497 e. The first-order valence-corrected chi connectivity index (χ1v) is 6.80. The minimum Gasteiger partial charge on any atom is -0.497 e. The highest BCUT2D eigenvalue weighted by Gasteiger charge is 2.44. The summed E-state index contributed by atoms with van der Waals surface area (Å²) < 4.78 is 5.26. The van der Waals surface area contributed by atoms with E-state index >= 15 is 0 Å². The van der Waals surface area contributed by atoms with Crippen LogP contribution in [0.15, 0.2) is 18.2 Å². The number of aromatic nitrogens is 1. The molecule has 2 heterocycles. The molecular weight excluding hydrogens is 256 g/mol. The maximum Gasteiger partial charge on any atom is 0.330 e. The standard InChI is InChI=1S/C15H18N2O3/c1-3-15(14(18)19)13-10(6-7-16-15)11-8-9(20-2)4-5-12(11)17-13/h4-5,8,16-17H,3,6-7H2,1-2H3,(H,18,19). The summed E-state index contributed by atoms with van der Waals surface area (Å²) in [7, 11) is 1.63. The lowest BCUT2D eigenvalue weighted by Crippen LogP contribution is -2.52. The highest BCUT2D eigenvalue weighted by molar-refractivity contribution is 5.90. The molecular formula is C15H18N2O3. The molecule has 2 aromatic rings. The molecule has 1 aliphatic rings. The van der Waals surface area contributed by atoms with Crippen molar-refractivity contribution in [3.63, 3.8) is 0 Å². The first-order valence-electron chi connectivity index (χ1n) is 6.80. The number of ether oxygens (including phenoxy) is 1. The maximum atomic E-state index is 11.8. The van der Waals surface area contributed by atoms with Gasteiger partial charge in [-0.1, -0.05) is 6.92 Å². The average Bonchev–Trinajstić information content (AvgIpc) is 2.84. The number of carbonyl (C=O) groups is 1. The topological polar surface area (TPSA) is 74.4 Å². The van der Waals surface area contributed by atoms with Crippen molar-refractivity contribution in [3.8, 4) is 5.75 Å². The number of methoxy groups -OCH3 is 1. The monoisotopic (exact) mass is 274 g/mol. The quantitative estimate of drug-likeness (QED) is 0.800. The summed E-state index contributed by atoms with van der Waals surface area (Å²) >= 11 is 0. The van der Waals surface area contributed by atoms with Gasteiger partial charge in [-0.15, -0.1) is 0 Å². The molecule has 1 aliphatic heterocycles. The molecule has 0 aliphatic carbocycles. The van der Waals surface area contributed by atoms with Gasteiger partial charge in [-0.05, 0) is 36.6 Å². The minimum absolute atomic E-state index is 0.499. The van der Waals surface area contributed by atoms with Crippen molar-refractivity contribution in [2.75, 3.05) is 13.7 Å². The number of H-pyrrole nitrogens is 1. The third kappa shape index (κ3) is 1.63. The van der Waals surface area contributed by atoms with Crippen molar-refractivity contribution < 1.29 is 14.6 Å². The lowest BCUT2D eigenvalue weighted by atomic mass is 9.85. The fourth-order valence-corrected chi connectivity index (χ4v) is 3.10. The van der Waals surface area contributed by atoms with Crippen molar-refractivity contribution in [2.24, 2.45) is 0 Å². The van der Waals surface area contributed by atoms with Gasteiger partial charge in [0.05, 0.1) is 12.8 Å². The SMILES string of the molecule is CCC1(C(=O)O)NCCc2c1[nH]c1ccc(OC)cc21. The van der Waals surface area contributed by atoms with E-state index in [1.165, 1.54) is 0 Å². The Morgan fingerprint density at radius 3 is 2.95 bits per heavy atom. The molecule has 5 heteroatoms. The molecule has 3 N–H and O–H groups in total. The molecule has 1 aromatic carbocycles. The summed E-state index contributed by atoms with van der Waals surface area (Å²) in [5.74, 6) is -0.0465. The second-order valence-electron chi connectivity index (χ2n) is 5.13. The molecule has 1 unspecified atom stereocenters. The number of rotatable bonds is 3. The van der Waals surface area contributed by atoms with Crippen LogP contribution in [-0.4, -0.2) is 29.7 Å². The molecule has 0 fully saturated rings. The van der Waals surface area contributed by atoms with Gasteiger partial charge in [0, 0.05) is 17.4 Å². The Morgan fingerprint density at radius 2 is 2.30 bits per heavy atom. The van der Waals surface area contributed by atoms with E-state index in [1.54, 1.807) is 7.11 Å². The second kappa shape index (κ2) is 4.52. The highest BCUT2D eigenvalue weighted by atomic mass is 16.5. The van der Waals surface area contributed by atoms with Crippen molar-refractivity contribution in [2.45, 2.75) is 25.3 Å². The number of fused-ring (bicyclic) bond motifs is 3. The van der Waals surface area contributed by atoms with Crippen LogP contribution in [0.5, 0.6) is 5.75 Å². The van der Waals surface area contributed by atoms with E-state index in [0.717, 1.165) is 34.3 Å². The fraction of sp³-hybridized carbons (Fsp3) is 0.400. The molecule has 1 atom stereocenters. The summed E-state index contributed by atoms with van der Waals surface area (Å²) in [4.78, 5) is 15.1. The Balaban J connectivity index is 2.27. The number of aromatic amines is 1. The molecule has 0 radical (unpaired) electrons. The highest BCUT2D eigenvalue weighted by Crippen LogP contribution is 2.37. The Hall–Kier alpha value is -2.01. The van der Waals surface area contributed by atoms with Crippen LogP contribution in [0.2, 0.25) is 0 Å². The number of hydrogen-bond acceptors (Lipinski definition) is 3. The van der Waals surface area contributed by atoms with Crippen LogP contribution < -0.4 is 10.1 Å². The predicted octanol–water partition coefficient (Wildman–Crippen LogP) is 2.01.